The highest BCUT2D eigenvalue weighted by Gasteiger charge is 1.72. The first-order valence-corrected chi connectivity index (χ1v) is 4.46. The first-order valence-electron chi connectivity index (χ1n) is 4.46. The summed E-state index contributed by atoms with van der Waals surface area (Å²) in [6.07, 6.45) is 3.95. The molecule has 0 amide bonds. The summed E-state index contributed by atoms with van der Waals surface area (Å²) in [5.74, 6) is 0. The molecule has 0 aromatic heterocycles. The van der Waals surface area contributed by atoms with Crippen molar-refractivity contribution in [2.24, 2.45) is 0 Å². The molecule has 0 fully saturated rings. The molecule has 13 heavy (non-hydrogen) atoms. The zero-order chi connectivity index (χ0) is 10.1. The molecule has 0 saturated heterocycles. The molecule has 0 nitrogen and oxygen atoms in total. The van der Waals surface area contributed by atoms with E-state index in [1.165, 1.54) is 5.56 Å². The van der Waals surface area contributed by atoms with Gasteiger partial charge in [0.25, 0.3) is 0 Å². The van der Waals surface area contributed by atoms with Crippen LogP contribution in [0.15, 0.2) is 54.6 Å². The molecule has 70 valence electrons. The van der Waals surface area contributed by atoms with Crippen molar-refractivity contribution in [1.82, 2.24) is 0 Å². The molecule has 0 aliphatic heterocycles. The molecule has 0 N–H and O–H groups in total. The minimum absolute atomic E-state index is 1.11. The van der Waals surface area contributed by atoms with E-state index in [-0.39, 0.29) is 0 Å². The summed E-state index contributed by atoms with van der Waals surface area (Å²) in [5.41, 5.74) is 2.43. The van der Waals surface area contributed by atoms with E-state index in [4.69, 9.17) is 0 Å². The Morgan fingerprint density at radius 1 is 1.23 bits per heavy atom. The molecule has 0 saturated carbocycles. The zero-order valence-electron chi connectivity index (χ0n) is 8.75. The summed E-state index contributed by atoms with van der Waals surface area (Å²) in [7, 11) is 0. The van der Waals surface area contributed by atoms with Gasteiger partial charge in [0.1, 0.15) is 0 Å². The number of allylic oxidation sites excluding steroid dienone is 3. The van der Waals surface area contributed by atoms with Crippen molar-refractivity contribution < 1.29 is 0 Å². The van der Waals surface area contributed by atoms with Gasteiger partial charge in [-0.3, -0.25) is 0 Å². The van der Waals surface area contributed by atoms with E-state index in [2.05, 4.69) is 25.6 Å². The fourth-order valence-electron chi connectivity index (χ4n) is 0.819. The Kier molecular flexibility index (Phi) is 6.62. The maximum absolute atomic E-state index is 3.66. The third-order valence-electron chi connectivity index (χ3n) is 1.39. The van der Waals surface area contributed by atoms with Crippen LogP contribution in [0, 0.1) is 6.92 Å². The Balaban J connectivity index is 0.000000226. The third-order valence-corrected chi connectivity index (χ3v) is 1.39. The summed E-state index contributed by atoms with van der Waals surface area (Å²) in [6, 6.07) is 10.3. The van der Waals surface area contributed by atoms with Crippen molar-refractivity contribution >= 4 is 0 Å². The highest BCUT2D eigenvalue weighted by molar-refractivity contribution is 5.11. The monoisotopic (exact) mass is 174 g/mol. The lowest BCUT2D eigenvalue weighted by Crippen LogP contribution is -1.62. The molecule has 0 spiro atoms. The molecule has 0 unspecified atom stereocenters. The van der Waals surface area contributed by atoms with Crippen molar-refractivity contribution in [3.05, 3.63) is 60.2 Å². The van der Waals surface area contributed by atoms with Crippen LogP contribution in [0.4, 0.5) is 0 Å². The predicted octanol–water partition coefficient (Wildman–Crippen LogP) is 4.13. The molecule has 0 heteroatoms. The van der Waals surface area contributed by atoms with Crippen LogP contribution >= 0.6 is 0 Å². The number of rotatable bonds is 1. The lowest BCUT2D eigenvalue weighted by molar-refractivity contribution is 1.48. The molecule has 0 bridgehead atoms. The Morgan fingerprint density at radius 3 is 1.92 bits per heavy atom. The molecule has 1 rings (SSSR count). The molecule has 0 aliphatic rings. The zero-order valence-corrected chi connectivity index (χ0v) is 8.75. The minimum atomic E-state index is 1.11. The number of hydrogen-bond acceptors (Lipinski definition) is 0. The highest BCUT2D eigenvalue weighted by Crippen LogP contribution is 1.92. The summed E-state index contributed by atoms with van der Waals surface area (Å²) in [4.78, 5) is 0. The van der Waals surface area contributed by atoms with Crippen LogP contribution in [-0.2, 0) is 0 Å². The van der Waals surface area contributed by atoms with Gasteiger partial charge in [-0.1, -0.05) is 60.2 Å². The lowest BCUT2D eigenvalue weighted by atomic mass is 10.2. The molecular weight excluding hydrogens is 156 g/mol. The molecule has 0 aliphatic carbocycles. The van der Waals surface area contributed by atoms with E-state index < -0.39 is 0 Å². The second kappa shape index (κ2) is 7.35. The quantitative estimate of drug-likeness (QED) is 0.561. The van der Waals surface area contributed by atoms with E-state index in [0.717, 1.165) is 5.57 Å². The van der Waals surface area contributed by atoms with E-state index in [1.54, 1.807) is 0 Å². The predicted molar refractivity (Wildman–Crippen MR) is 60.8 cm³/mol. The Morgan fingerprint density at radius 2 is 1.77 bits per heavy atom. The van der Waals surface area contributed by atoms with Gasteiger partial charge in [-0.2, -0.15) is 0 Å². The van der Waals surface area contributed by atoms with Gasteiger partial charge in [0.2, 0.25) is 0 Å². The third kappa shape index (κ3) is 8.61. The fraction of sp³-hybridized carbons (Fsp3) is 0.231. The maximum atomic E-state index is 3.66. The normalized spacial score (nSPS) is 9.15. The molecular formula is C13H18. The molecule has 1 aromatic carbocycles. The second-order valence-electron chi connectivity index (χ2n) is 3.00. The molecule has 0 heterocycles. The largest absolute Gasteiger partial charge is 0.0961 e. The summed E-state index contributed by atoms with van der Waals surface area (Å²) in [6.45, 7) is 9.69. The van der Waals surface area contributed by atoms with Crippen LogP contribution < -0.4 is 0 Å². The van der Waals surface area contributed by atoms with Crippen LogP contribution in [0.2, 0.25) is 0 Å². The summed E-state index contributed by atoms with van der Waals surface area (Å²) in [5, 5.41) is 0. The topological polar surface area (TPSA) is 0 Å². The van der Waals surface area contributed by atoms with Gasteiger partial charge in [-0.05, 0) is 20.8 Å². The van der Waals surface area contributed by atoms with Crippen molar-refractivity contribution in [2.45, 2.75) is 20.8 Å². The second-order valence-corrected chi connectivity index (χ2v) is 3.00. The van der Waals surface area contributed by atoms with Gasteiger partial charge in [0.15, 0.2) is 0 Å². The average Bonchev–Trinajstić information content (AvgIpc) is 2.06. The Labute approximate surface area is 81.6 Å². The maximum Gasteiger partial charge on any atom is -0.0398 e. The van der Waals surface area contributed by atoms with Crippen LogP contribution in [0.25, 0.3) is 0 Å². The fourth-order valence-corrected chi connectivity index (χ4v) is 0.819. The SMILES string of the molecule is C=C(C)/C=C\C.Cc1ccccc1. The number of benzene rings is 1. The van der Waals surface area contributed by atoms with E-state index in [1.807, 2.05) is 44.2 Å². The van der Waals surface area contributed by atoms with Gasteiger partial charge in [0, 0.05) is 0 Å². The first kappa shape index (κ1) is 11.7. The van der Waals surface area contributed by atoms with E-state index in [9.17, 15) is 0 Å². The van der Waals surface area contributed by atoms with Crippen LogP contribution in [0.1, 0.15) is 19.4 Å². The van der Waals surface area contributed by atoms with Crippen molar-refractivity contribution in [2.75, 3.05) is 0 Å². The summed E-state index contributed by atoms with van der Waals surface area (Å²) >= 11 is 0. The van der Waals surface area contributed by atoms with Gasteiger partial charge in [-0.15, -0.1) is 0 Å². The summed E-state index contributed by atoms with van der Waals surface area (Å²) < 4.78 is 0. The molecule has 0 radical (unpaired) electrons. The van der Waals surface area contributed by atoms with Crippen LogP contribution in [0.5, 0.6) is 0 Å². The van der Waals surface area contributed by atoms with Gasteiger partial charge >= 0.3 is 0 Å². The van der Waals surface area contributed by atoms with Crippen molar-refractivity contribution in [3.8, 4) is 0 Å². The Hall–Kier alpha value is -1.30. The highest BCUT2D eigenvalue weighted by atomic mass is 13.8. The van der Waals surface area contributed by atoms with E-state index >= 15 is 0 Å². The van der Waals surface area contributed by atoms with Crippen molar-refractivity contribution in [1.29, 1.82) is 0 Å². The molecule has 0 atom stereocenters. The van der Waals surface area contributed by atoms with Crippen LogP contribution in [-0.4, -0.2) is 0 Å². The first-order chi connectivity index (χ1) is 6.16. The average molecular weight is 174 g/mol. The number of hydrogen-bond donors (Lipinski definition) is 0. The number of aryl methyl sites for hydroxylation is 1. The van der Waals surface area contributed by atoms with Crippen molar-refractivity contribution in [3.63, 3.8) is 0 Å². The van der Waals surface area contributed by atoms with Gasteiger partial charge in [0.05, 0.1) is 0 Å². The standard InChI is InChI=1S/C7H8.C6H10/c1-7-5-3-2-4-6-7;1-4-5-6(2)3/h2-6H,1H3;4-5H,2H2,1,3H3/b;5-4-. The molecule has 1 aromatic rings. The minimum Gasteiger partial charge on any atom is -0.0961 e. The van der Waals surface area contributed by atoms with E-state index in [0.29, 0.717) is 0 Å². The smallest absolute Gasteiger partial charge is 0.0398 e. The van der Waals surface area contributed by atoms with Gasteiger partial charge in [-0.25, -0.2) is 0 Å². The lowest BCUT2D eigenvalue weighted by Gasteiger charge is -1.82. The Bertz CT molecular complexity index is 255. The van der Waals surface area contributed by atoms with Gasteiger partial charge < -0.3 is 0 Å². The van der Waals surface area contributed by atoms with Crippen LogP contribution in [0.3, 0.4) is 0 Å².